The van der Waals surface area contributed by atoms with Crippen molar-refractivity contribution in [3.63, 3.8) is 0 Å². The summed E-state index contributed by atoms with van der Waals surface area (Å²) in [5.74, 6) is 0.854. The van der Waals surface area contributed by atoms with Crippen molar-refractivity contribution >= 4 is 0 Å². The fourth-order valence-electron chi connectivity index (χ4n) is 2.85. The molecule has 5 heteroatoms. The molecule has 1 fully saturated rings. The number of aliphatic hydroxyl groups is 1. The van der Waals surface area contributed by atoms with Gasteiger partial charge >= 0.3 is 0 Å². The van der Waals surface area contributed by atoms with Gasteiger partial charge in [-0.15, -0.1) is 0 Å². The number of methoxy groups -OCH3 is 1. The maximum Gasteiger partial charge on any atom is 0.138 e. The van der Waals surface area contributed by atoms with Gasteiger partial charge in [0.15, 0.2) is 0 Å². The summed E-state index contributed by atoms with van der Waals surface area (Å²) < 4.78 is 7.48. The van der Waals surface area contributed by atoms with Gasteiger partial charge in [-0.25, -0.2) is 4.98 Å². The fraction of sp³-hybridized carbons (Fsp3) is 0.846. The number of aryl methyl sites for hydroxylation is 1. The Hall–Kier alpha value is -0.940. The van der Waals surface area contributed by atoms with Crippen LogP contribution >= 0.6 is 0 Å². The van der Waals surface area contributed by atoms with Gasteiger partial charge in [-0.3, -0.25) is 4.68 Å². The minimum absolute atomic E-state index is 0.372. The van der Waals surface area contributed by atoms with E-state index in [-0.39, 0.29) is 5.60 Å². The van der Waals surface area contributed by atoms with E-state index in [1.807, 2.05) is 4.68 Å². The zero-order valence-electron chi connectivity index (χ0n) is 11.3. The molecule has 18 heavy (non-hydrogen) atoms. The molecule has 1 unspecified atom stereocenters. The summed E-state index contributed by atoms with van der Waals surface area (Å²) in [6.45, 7) is 2.96. The average Bonchev–Trinajstić information content (AvgIpc) is 3.00. The Labute approximate surface area is 108 Å². The summed E-state index contributed by atoms with van der Waals surface area (Å²) in [4.78, 5) is 4.25. The normalized spacial score (nSPS) is 20.2. The Morgan fingerprint density at radius 1 is 1.50 bits per heavy atom. The Morgan fingerprint density at radius 2 is 2.22 bits per heavy atom. The third kappa shape index (κ3) is 2.57. The minimum Gasteiger partial charge on any atom is -0.390 e. The number of ether oxygens (including phenoxy) is 1. The highest BCUT2D eigenvalue weighted by molar-refractivity contribution is 4.98. The number of rotatable bonds is 6. The van der Waals surface area contributed by atoms with Crippen LogP contribution in [0, 0.1) is 0 Å². The minimum atomic E-state index is -0.496. The fourth-order valence-corrected chi connectivity index (χ4v) is 2.85. The molecular weight excluding hydrogens is 230 g/mol. The van der Waals surface area contributed by atoms with Gasteiger partial charge in [-0.05, 0) is 19.3 Å². The number of hydrogen-bond donors (Lipinski definition) is 1. The summed E-state index contributed by atoms with van der Waals surface area (Å²) in [5, 5.41) is 14.6. The third-order valence-electron chi connectivity index (χ3n) is 3.97. The predicted molar refractivity (Wildman–Crippen MR) is 68.2 cm³/mol. The third-order valence-corrected chi connectivity index (χ3v) is 3.97. The second kappa shape index (κ2) is 5.80. The lowest BCUT2D eigenvalue weighted by Crippen LogP contribution is -2.43. The summed E-state index contributed by atoms with van der Waals surface area (Å²) in [7, 11) is 1.70. The predicted octanol–water partition coefficient (Wildman–Crippen LogP) is 1.55. The van der Waals surface area contributed by atoms with E-state index in [4.69, 9.17) is 4.74 Å². The van der Waals surface area contributed by atoms with Crippen LogP contribution in [0.15, 0.2) is 6.33 Å². The Morgan fingerprint density at radius 3 is 2.83 bits per heavy atom. The first-order chi connectivity index (χ1) is 8.72. The highest BCUT2D eigenvalue weighted by Crippen LogP contribution is 2.36. The van der Waals surface area contributed by atoms with Crippen LogP contribution in [0.4, 0.5) is 0 Å². The van der Waals surface area contributed by atoms with Crippen molar-refractivity contribution in [3.8, 4) is 0 Å². The molecular formula is C13H23N3O2. The smallest absolute Gasteiger partial charge is 0.138 e. The summed E-state index contributed by atoms with van der Waals surface area (Å²) in [5.41, 5.74) is -0.372. The first-order valence-electron chi connectivity index (χ1n) is 6.82. The molecule has 1 aliphatic carbocycles. The second-order valence-electron chi connectivity index (χ2n) is 5.10. The molecule has 0 spiro atoms. The van der Waals surface area contributed by atoms with Crippen LogP contribution < -0.4 is 0 Å². The van der Waals surface area contributed by atoms with Gasteiger partial charge in [-0.1, -0.05) is 19.8 Å². The van der Waals surface area contributed by atoms with Gasteiger partial charge in [0, 0.05) is 20.1 Å². The number of hydrogen-bond acceptors (Lipinski definition) is 4. The largest absolute Gasteiger partial charge is 0.390 e. The van der Waals surface area contributed by atoms with Crippen molar-refractivity contribution in [2.75, 3.05) is 7.11 Å². The molecule has 5 nitrogen and oxygen atoms in total. The zero-order chi connectivity index (χ0) is 13.0. The molecule has 102 valence electrons. The quantitative estimate of drug-likeness (QED) is 0.835. The molecule has 0 bridgehead atoms. The molecule has 1 N–H and O–H groups in total. The Kier molecular flexibility index (Phi) is 4.35. The molecule has 1 aromatic rings. The van der Waals surface area contributed by atoms with Crippen molar-refractivity contribution in [2.24, 2.45) is 0 Å². The van der Waals surface area contributed by atoms with E-state index in [0.717, 1.165) is 44.5 Å². The van der Waals surface area contributed by atoms with E-state index in [9.17, 15) is 5.11 Å². The maximum atomic E-state index is 10.5. The van der Waals surface area contributed by atoms with Gasteiger partial charge in [-0.2, -0.15) is 5.10 Å². The van der Waals surface area contributed by atoms with E-state index < -0.39 is 6.10 Å². The van der Waals surface area contributed by atoms with Gasteiger partial charge < -0.3 is 9.84 Å². The van der Waals surface area contributed by atoms with Crippen molar-refractivity contribution in [1.29, 1.82) is 0 Å². The number of aromatic nitrogens is 3. The molecule has 0 aliphatic heterocycles. The standard InChI is InChI=1S/C13H23N3O2/c1-3-8-16-12(14-10-15-16)9-11(17)13(18-2)6-4-5-7-13/h10-11,17H,3-9H2,1-2H3. The van der Waals surface area contributed by atoms with Crippen molar-refractivity contribution in [3.05, 3.63) is 12.2 Å². The van der Waals surface area contributed by atoms with E-state index in [1.165, 1.54) is 0 Å². The topological polar surface area (TPSA) is 60.2 Å². The SMILES string of the molecule is CCCn1ncnc1CC(O)C1(OC)CCCC1. The van der Waals surface area contributed by atoms with Crippen molar-refractivity contribution < 1.29 is 9.84 Å². The monoisotopic (exact) mass is 253 g/mol. The Balaban J connectivity index is 2.05. The average molecular weight is 253 g/mol. The lowest BCUT2D eigenvalue weighted by Gasteiger charge is -2.32. The molecule has 1 aromatic heterocycles. The first kappa shape index (κ1) is 13.5. The van der Waals surface area contributed by atoms with Crippen LogP contribution in [-0.4, -0.2) is 38.7 Å². The van der Waals surface area contributed by atoms with Crippen LogP contribution in [0.25, 0.3) is 0 Å². The first-order valence-corrected chi connectivity index (χ1v) is 6.82. The van der Waals surface area contributed by atoms with Crippen LogP contribution in [0.5, 0.6) is 0 Å². The molecule has 1 aliphatic rings. The molecule has 1 heterocycles. The van der Waals surface area contributed by atoms with Gasteiger partial charge in [0.1, 0.15) is 12.2 Å². The molecule has 0 radical (unpaired) electrons. The Bertz CT molecular complexity index is 372. The molecule has 0 saturated heterocycles. The lowest BCUT2D eigenvalue weighted by atomic mass is 9.92. The van der Waals surface area contributed by atoms with Crippen LogP contribution in [0.2, 0.25) is 0 Å². The molecule has 0 amide bonds. The lowest BCUT2D eigenvalue weighted by molar-refractivity contribution is -0.0980. The van der Waals surface area contributed by atoms with E-state index in [1.54, 1.807) is 13.4 Å². The van der Waals surface area contributed by atoms with Crippen LogP contribution in [-0.2, 0) is 17.7 Å². The summed E-state index contributed by atoms with van der Waals surface area (Å²) in [6, 6.07) is 0. The molecule has 2 rings (SSSR count). The van der Waals surface area contributed by atoms with Gasteiger partial charge in [0.2, 0.25) is 0 Å². The highest BCUT2D eigenvalue weighted by Gasteiger charge is 2.41. The van der Waals surface area contributed by atoms with Gasteiger partial charge in [0.05, 0.1) is 11.7 Å². The van der Waals surface area contributed by atoms with Gasteiger partial charge in [0.25, 0.3) is 0 Å². The molecule has 1 saturated carbocycles. The molecule has 1 atom stereocenters. The van der Waals surface area contributed by atoms with E-state index in [2.05, 4.69) is 17.0 Å². The van der Waals surface area contributed by atoms with Crippen LogP contribution in [0.3, 0.4) is 0 Å². The summed E-state index contributed by atoms with van der Waals surface area (Å²) >= 11 is 0. The maximum absolute atomic E-state index is 10.5. The number of nitrogens with zero attached hydrogens (tertiary/aromatic N) is 3. The number of aliphatic hydroxyl groups excluding tert-OH is 1. The van der Waals surface area contributed by atoms with E-state index in [0.29, 0.717) is 6.42 Å². The van der Waals surface area contributed by atoms with E-state index >= 15 is 0 Å². The van der Waals surface area contributed by atoms with Crippen molar-refractivity contribution in [1.82, 2.24) is 14.8 Å². The van der Waals surface area contributed by atoms with Crippen molar-refractivity contribution in [2.45, 2.75) is 63.7 Å². The molecule has 0 aromatic carbocycles. The second-order valence-corrected chi connectivity index (χ2v) is 5.10. The van der Waals surface area contributed by atoms with Crippen LogP contribution in [0.1, 0.15) is 44.9 Å². The highest BCUT2D eigenvalue weighted by atomic mass is 16.5. The zero-order valence-corrected chi connectivity index (χ0v) is 11.3. The summed E-state index contributed by atoms with van der Waals surface area (Å²) in [6.07, 6.45) is 6.74.